The third-order valence-corrected chi connectivity index (χ3v) is 4.55. The number of nitrogens with zero attached hydrogens (tertiary/aromatic N) is 3. The lowest BCUT2D eigenvalue weighted by Gasteiger charge is -2.06. The third-order valence-electron chi connectivity index (χ3n) is 4.55. The molecule has 0 spiro atoms. The number of guanidine groups is 1. The van der Waals surface area contributed by atoms with Gasteiger partial charge in [-0.15, -0.1) is 0 Å². The summed E-state index contributed by atoms with van der Waals surface area (Å²) in [5.41, 5.74) is 12.2. The number of carbonyl (C=O) groups excluding carboxylic acids is 1. The lowest BCUT2D eigenvalue weighted by atomic mass is 10.1. The summed E-state index contributed by atoms with van der Waals surface area (Å²) in [5.74, 6) is -0.458. The Morgan fingerprint density at radius 1 is 1.20 bits per heavy atom. The van der Waals surface area contributed by atoms with E-state index in [1.165, 1.54) is 0 Å². The molecule has 0 fully saturated rings. The van der Waals surface area contributed by atoms with E-state index in [1.54, 1.807) is 18.6 Å². The zero-order chi connectivity index (χ0) is 21.1. The van der Waals surface area contributed by atoms with Gasteiger partial charge in [-0.25, -0.2) is 10.4 Å². The van der Waals surface area contributed by atoms with Crippen molar-refractivity contribution in [3.05, 3.63) is 78.5 Å². The predicted molar refractivity (Wildman–Crippen MR) is 117 cm³/mol. The van der Waals surface area contributed by atoms with Crippen LogP contribution in [0.15, 0.2) is 72.4 Å². The van der Waals surface area contributed by atoms with E-state index in [9.17, 15) is 4.79 Å². The lowest BCUT2D eigenvalue weighted by Crippen LogP contribution is -2.26. The summed E-state index contributed by atoms with van der Waals surface area (Å²) >= 11 is 0. The largest absolute Gasteiger partial charge is 0.369 e. The molecule has 30 heavy (non-hydrogen) atoms. The van der Waals surface area contributed by atoms with Crippen molar-refractivity contribution < 1.29 is 4.79 Å². The maximum atomic E-state index is 12.7. The highest BCUT2D eigenvalue weighted by atomic mass is 16.1. The SMILES string of the molecule is C/C(=N/NC(=N)N)c1ccc2[nH]c(C(=O)Nc3ccc(-n4ccnc4)cc3)cc2c1. The number of nitrogens with one attached hydrogen (secondary N) is 4. The average molecular weight is 400 g/mol. The second-order valence-corrected chi connectivity index (χ2v) is 6.68. The number of fused-ring (bicyclic) bond motifs is 1. The fraction of sp³-hybridized carbons (Fsp3) is 0.0476. The summed E-state index contributed by atoms with van der Waals surface area (Å²) in [6, 6.07) is 15.0. The number of aromatic nitrogens is 3. The van der Waals surface area contributed by atoms with Crippen LogP contribution in [0.5, 0.6) is 0 Å². The van der Waals surface area contributed by atoms with Crippen molar-refractivity contribution in [3.63, 3.8) is 0 Å². The summed E-state index contributed by atoms with van der Waals surface area (Å²) in [7, 11) is 0. The topological polar surface area (TPSA) is 137 Å². The number of carbonyl (C=O) groups is 1. The molecule has 0 aliphatic rings. The number of hydrogen-bond acceptors (Lipinski definition) is 4. The van der Waals surface area contributed by atoms with E-state index in [2.05, 4.69) is 25.8 Å². The van der Waals surface area contributed by atoms with Crippen molar-refractivity contribution in [1.82, 2.24) is 20.0 Å². The van der Waals surface area contributed by atoms with E-state index in [0.717, 1.165) is 22.2 Å². The average Bonchev–Trinajstić information content (AvgIpc) is 3.42. The van der Waals surface area contributed by atoms with Crippen LogP contribution in [-0.4, -0.2) is 32.1 Å². The third kappa shape index (κ3) is 4.04. The van der Waals surface area contributed by atoms with Gasteiger partial charge in [-0.2, -0.15) is 5.10 Å². The summed E-state index contributed by atoms with van der Waals surface area (Å²) in [6.45, 7) is 1.81. The van der Waals surface area contributed by atoms with Crippen molar-refractivity contribution >= 4 is 34.2 Å². The minimum absolute atomic E-state index is 0.228. The molecule has 0 aliphatic carbocycles. The van der Waals surface area contributed by atoms with E-state index >= 15 is 0 Å². The Labute approximate surface area is 172 Å². The highest BCUT2D eigenvalue weighted by molar-refractivity contribution is 6.07. The van der Waals surface area contributed by atoms with Gasteiger partial charge in [0.15, 0.2) is 0 Å². The van der Waals surface area contributed by atoms with Crippen LogP contribution in [0, 0.1) is 5.41 Å². The van der Waals surface area contributed by atoms with Gasteiger partial charge in [-0.3, -0.25) is 10.2 Å². The molecule has 9 heteroatoms. The first-order valence-electron chi connectivity index (χ1n) is 9.17. The van der Waals surface area contributed by atoms with E-state index in [0.29, 0.717) is 17.1 Å². The van der Waals surface area contributed by atoms with Crippen molar-refractivity contribution in [2.75, 3.05) is 5.32 Å². The highest BCUT2D eigenvalue weighted by Gasteiger charge is 2.11. The molecule has 4 rings (SSSR count). The number of amides is 1. The molecule has 0 unspecified atom stereocenters. The quantitative estimate of drug-likeness (QED) is 0.200. The van der Waals surface area contributed by atoms with Gasteiger partial charge in [-0.05, 0) is 55.0 Å². The fourth-order valence-electron chi connectivity index (χ4n) is 3.02. The number of hydrogen-bond donors (Lipinski definition) is 5. The second kappa shape index (κ2) is 7.92. The molecule has 6 N–H and O–H groups in total. The maximum absolute atomic E-state index is 12.7. The molecule has 2 heterocycles. The molecular formula is C21H20N8O. The Morgan fingerprint density at radius 2 is 2.00 bits per heavy atom. The number of hydrazone groups is 1. The van der Waals surface area contributed by atoms with Crippen molar-refractivity contribution in [2.45, 2.75) is 6.92 Å². The number of rotatable bonds is 5. The van der Waals surface area contributed by atoms with Crippen LogP contribution in [-0.2, 0) is 0 Å². The standard InChI is InChI=1S/C21H20N8O/c1-13(27-28-21(22)23)14-2-7-18-15(10-14)11-19(26-18)20(30)25-16-3-5-17(6-4-16)29-9-8-24-12-29/h2-12,26H,1H3,(H,25,30)(H4,22,23,28)/b27-13-. The van der Waals surface area contributed by atoms with Crippen molar-refractivity contribution in [1.29, 1.82) is 5.41 Å². The van der Waals surface area contributed by atoms with E-state index in [1.807, 2.05) is 60.2 Å². The van der Waals surface area contributed by atoms with Gasteiger partial charge in [0.25, 0.3) is 5.91 Å². The first kappa shape index (κ1) is 18.9. The van der Waals surface area contributed by atoms with Crippen molar-refractivity contribution in [3.8, 4) is 5.69 Å². The molecule has 0 atom stereocenters. The maximum Gasteiger partial charge on any atom is 0.272 e. The second-order valence-electron chi connectivity index (χ2n) is 6.68. The highest BCUT2D eigenvalue weighted by Crippen LogP contribution is 2.19. The summed E-state index contributed by atoms with van der Waals surface area (Å²) < 4.78 is 1.89. The summed E-state index contributed by atoms with van der Waals surface area (Å²) in [5, 5.41) is 15.0. The molecule has 2 aromatic carbocycles. The number of imidazole rings is 1. The molecule has 0 radical (unpaired) electrons. The van der Waals surface area contributed by atoms with Crippen molar-refractivity contribution in [2.24, 2.45) is 10.8 Å². The Bertz CT molecular complexity index is 1240. The Balaban J connectivity index is 1.50. The van der Waals surface area contributed by atoms with Gasteiger partial charge < -0.3 is 20.6 Å². The molecule has 0 bridgehead atoms. The Hall–Kier alpha value is -4.40. The summed E-state index contributed by atoms with van der Waals surface area (Å²) in [4.78, 5) is 19.8. The molecule has 0 saturated heterocycles. The molecule has 9 nitrogen and oxygen atoms in total. The van der Waals surface area contributed by atoms with E-state index in [4.69, 9.17) is 11.1 Å². The normalized spacial score (nSPS) is 11.4. The minimum Gasteiger partial charge on any atom is -0.369 e. The number of H-pyrrole nitrogens is 1. The van der Waals surface area contributed by atoms with Crippen LogP contribution in [0.25, 0.3) is 16.6 Å². The van der Waals surface area contributed by atoms with Crippen LogP contribution in [0.2, 0.25) is 0 Å². The van der Waals surface area contributed by atoms with Gasteiger partial charge in [0.05, 0.1) is 12.0 Å². The fourth-order valence-corrected chi connectivity index (χ4v) is 3.02. The zero-order valence-electron chi connectivity index (χ0n) is 16.2. The predicted octanol–water partition coefficient (Wildman–Crippen LogP) is 2.81. The first-order chi connectivity index (χ1) is 14.5. The molecule has 150 valence electrons. The minimum atomic E-state index is -0.230. The number of anilines is 1. The number of nitrogens with two attached hydrogens (primary N) is 1. The molecule has 0 aliphatic heterocycles. The molecule has 0 saturated carbocycles. The molecular weight excluding hydrogens is 380 g/mol. The van der Waals surface area contributed by atoms with Crippen LogP contribution >= 0.6 is 0 Å². The first-order valence-corrected chi connectivity index (χ1v) is 9.17. The Morgan fingerprint density at radius 3 is 2.70 bits per heavy atom. The number of benzene rings is 2. The molecule has 4 aromatic rings. The molecule has 2 aromatic heterocycles. The van der Waals surface area contributed by atoms with Crippen LogP contribution in [0.4, 0.5) is 5.69 Å². The lowest BCUT2D eigenvalue weighted by molar-refractivity contribution is 0.102. The van der Waals surface area contributed by atoms with Gasteiger partial charge in [0.1, 0.15) is 5.69 Å². The number of aromatic amines is 1. The van der Waals surface area contributed by atoms with Crippen LogP contribution in [0.3, 0.4) is 0 Å². The van der Waals surface area contributed by atoms with Gasteiger partial charge in [0, 0.05) is 34.7 Å². The summed E-state index contributed by atoms with van der Waals surface area (Å²) in [6.07, 6.45) is 5.29. The van der Waals surface area contributed by atoms with Crippen LogP contribution in [0.1, 0.15) is 23.0 Å². The molecule has 1 amide bonds. The monoisotopic (exact) mass is 400 g/mol. The zero-order valence-corrected chi connectivity index (χ0v) is 16.2. The van der Waals surface area contributed by atoms with Gasteiger partial charge >= 0.3 is 0 Å². The Kier molecular flexibility index (Phi) is 5.00. The van der Waals surface area contributed by atoms with E-state index in [-0.39, 0.29) is 11.9 Å². The van der Waals surface area contributed by atoms with Crippen LogP contribution < -0.4 is 16.5 Å². The smallest absolute Gasteiger partial charge is 0.272 e. The van der Waals surface area contributed by atoms with E-state index < -0.39 is 0 Å². The van der Waals surface area contributed by atoms with Gasteiger partial charge in [-0.1, -0.05) is 6.07 Å². The van der Waals surface area contributed by atoms with Gasteiger partial charge in [0.2, 0.25) is 5.96 Å².